The van der Waals surface area contributed by atoms with Crippen molar-refractivity contribution >= 4 is 56.3 Å². The van der Waals surface area contributed by atoms with Gasteiger partial charge in [-0.15, -0.1) is 11.3 Å². The van der Waals surface area contributed by atoms with Crippen molar-refractivity contribution in [1.29, 1.82) is 0 Å². The lowest BCUT2D eigenvalue weighted by Gasteiger charge is -2.09. The Labute approximate surface area is 133 Å². The lowest BCUT2D eigenvalue weighted by Crippen LogP contribution is -2.17. The SMILES string of the molecule is Cc1csc(C(=O)O)c1S(=O)(=O)Nc1ncnc(Cl)c1Cl. The third kappa shape index (κ3) is 3.10. The van der Waals surface area contributed by atoms with Gasteiger partial charge in [-0.2, -0.15) is 0 Å². The van der Waals surface area contributed by atoms with E-state index in [2.05, 4.69) is 14.7 Å². The molecule has 2 aromatic rings. The number of rotatable bonds is 4. The minimum absolute atomic E-state index is 0.120. The van der Waals surface area contributed by atoms with Crippen LogP contribution in [0.5, 0.6) is 0 Å². The summed E-state index contributed by atoms with van der Waals surface area (Å²) in [7, 11) is -4.17. The average Bonchev–Trinajstić information content (AvgIpc) is 2.78. The molecule has 2 N–H and O–H groups in total. The van der Waals surface area contributed by atoms with Gasteiger partial charge in [-0.1, -0.05) is 23.2 Å². The van der Waals surface area contributed by atoms with Crippen molar-refractivity contribution in [2.45, 2.75) is 11.8 Å². The molecule has 0 spiro atoms. The third-order valence-corrected chi connectivity index (χ3v) is 5.84. The van der Waals surface area contributed by atoms with E-state index in [1.807, 2.05) is 0 Å². The van der Waals surface area contributed by atoms with Gasteiger partial charge in [0.05, 0.1) is 0 Å². The normalized spacial score (nSPS) is 11.4. The van der Waals surface area contributed by atoms with Crippen LogP contribution in [0, 0.1) is 6.92 Å². The molecule has 2 heterocycles. The van der Waals surface area contributed by atoms with E-state index in [1.54, 1.807) is 0 Å². The van der Waals surface area contributed by atoms with Crippen LogP contribution in [0.2, 0.25) is 10.2 Å². The molecule has 112 valence electrons. The molecule has 21 heavy (non-hydrogen) atoms. The fraction of sp³-hybridized carbons (Fsp3) is 0.100. The van der Waals surface area contributed by atoms with E-state index in [4.69, 9.17) is 28.3 Å². The largest absolute Gasteiger partial charge is 0.477 e. The summed E-state index contributed by atoms with van der Waals surface area (Å²) in [5, 5.41) is 10.2. The first-order chi connectivity index (χ1) is 9.74. The highest BCUT2D eigenvalue weighted by atomic mass is 35.5. The predicted octanol–water partition coefficient (Wildman–Crippen LogP) is 2.65. The minimum Gasteiger partial charge on any atom is -0.477 e. The molecule has 0 radical (unpaired) electrons. The van der Waals surface area contributed by atoms with Gasteiger partial charge in [0.25, 0.3) is 10.0 Å². The molecule has 0 saturated carbocycles. The number of anilines is 1. The Morgan fingerprint density at radius 1 is 1.38 bits per heavy atom. The van der Waals surface area contributed by atoms with Gasteiger partial charge in [0.2, 0.25) is 0 Å². The highest BCUT2D eigenvalue weighted by Gasteiger charge is 2.28. The zero-order valence-corrected chi connectivity index (χ0v) is 13.4. The van der Waals surface area contributed by atoms with E-state index in [1.165, 1.54) is 12.3 Å². The van der Waals surface area contributed by atoms with E-state index in [0.717, 1.165) is 17.7 Å². The zero-order valence-electron chi connectivity index (χ0n) is 10.3. The van der Waals surface area contributed by atoms with Crippen LogP contribution in [-0.2, 0) is 10.0 Å². The number of aryl methyl sites for hydroxylation is 1. The molecule has 0 saturated heterocycles. The summed E-state index contributed by atoms with van der Waals surface area (Å²) >= 11 is 12.3. The number of carbonyl (C=O) groups is 1. The fourth-order valence-corrected chi connectivity index (χ4v) is 4.50. The van der Waals surface area contributed by atoms with Crippen LogP contribution >= 0.6 is 34.5 Å². The van der Waals surface area contributed by atoms with Crippen molar-refractivity contribution in [3.8, 4) is 0 Å². The van der Waals surface area contributed by atoms with E-state index < -0.39 is 16.0 Å². The highest BCUT2D eigenvalue weighted by molar-refractivity contribution is 7.93. The summed E-state index contributed by atoms with van der Waals surface area (Å²) in [5.74, 6) is -1.56. The van der Waals surface area contributed by atoms with Crippen LogP contribution in [0.25, 0.3) is 0 Å². The van der Waals surface area contributed by atoms with Gasteiger partial charge in [-0.05, 0) is 17.9 Å². The number of thiophene rings is 1. The van der Waals surface area contributed by atoms with Crippen molar-refractivity contribution in [2.24, 2.45) is 0 Å². The van der Waals surface area contributed by atoms with Crippen LogP contribution in [0.15, 0.2) is 16.6 Å². The molecular formula is C10H7Cl2N3O4S2. The standard InChI is InChI=1S/C10H7Cl2N3O4S2/c1-4-2-20-6(10(16)17)7(4)21(18,19)15-9-5(11)8(12)13-3-14-9/h2-3H,1H3,(H,16,17)(H,13,14,15). The molecule has 0 aromatic carbocycles. The molecule has 2 aromatic heterocycles. The quantitative estimate of drug-likeness (QED) is 0.803. The van der Waals surface area contributed by atoms with Crippen LogP contribution in [0.3, 0.4) is 0 Å². The lowest BCUT2D eigenvalue weighted by molar-refractivity contribution is 0.0698. The number of carboxylic acid groups (broad SMARTS) is 1. The second-order valence-electron chi connectivity index (χ2n) is 3.81. The number of sulfonamides is 1. The van der Waals surface area contributed by atoms with E-state index in [0.29, 0.717) is 5.56 Å². The molecule has 0 atom stereocenters. The summed E-state index contributed by atoms with van der Waals surface area (Å²) in [6.07, 6.45) is 1.03. The van der Waals surface area contributed by atoms with Crippen molar-refractivity contribution in [1.82, 2.24) is 9.97 Å². The van der Waals surface area contributed by atoms with Crippen LogP contribution in [-0.4, -0.2) is 29.5 Å². The molecule has 2 rings (SSSR count). The predicted molar refractivity (Wildman–Crippen MR) is 78.9 cm³/mol. The number of carboxylic acids is 1. The Morgan fingerprint density at radius 2 is 2.05 bits per heavy atom. The first-order valence-electron chi connectivity index (χ1n) is 5.24. The molecule has 0 aliphatic heterocycles. The number of nitrogens with one attached hydrogen (secondary N) is 1. The number of nitrogens with zero attached hydrogens (tertiary/aromatic N) is 2. The smallest absolute Gasteiger partial charge is 0.347 e. The number of halogens is 2. The Bertz CT molecular complexity index is 820. The molecule has 0 aliphatic rings. The topological polar surface area (TPSA) is 109 Å². The Hall–Kier alpha value is -1.42. The molecule has 0 fully saturated rings. The highest BCUT2D eigenvalue weighted by Crippen LogP contribution is 2.31. The molecule has 0 unspecified atom stereocenters. The van der Waals surface area contributed by atoms with Gasteiger partial charge in [-0.3, -0.25) is 4.72 Å². The van der Waals surface area contributed by atoms with E-state index >= 15 is 0 Å². The summed E-state index contributed by atoms with van der Waals surface area (Å²) in [5.41, 5.74) is 0.307. The molecule has 11 heteroatoms. The van der Waals surface area contributed by atoms with Gasteiger partial charge in [0, 0.05) is 0 Å². The summed E-state index contributed by atoms with van der Waals surface area (Å²) in [6, 6.07) is 0. The number of hydrogen-bond acceptors (Lipinski definition) is 6. The Kier molecular flexibility index (Phi) is 4.38. The third-order valence-electron chi connectivity index (χ3n) is 2.36. The molecule has 7 nitrogen and oxygen atoms in total. The number of aromatic nitrogens is 2. The van der Waals surface area contributed by atoms with Gasteiger partial charge in [-0.25, -0.2) is 23.2 Å². The van der Waals surface area contributed by atoms with E-state index in [9.17, 15) is 13.2 Å². The molecule has 0 bridgehead atoms. The number of aromatic carboxylic acids is 1. The van der Waals surface area contributed by atoms with Crippen molar-refractivity contribution < 1.29 is 18.3 Å². The van der Waals surface area contributed by atoms with Gasteiger partial charge in [0.1, 0.15) is 21.1 Å². The maximum atomic E-state index is 12.3. The van der Waals surface area contributed by atoms with Crippen molar-refractivity contribution in [2.75, 3.05) is 4.72 Å². The first-order valence-corrected chi connectivity index (χ1v) is 8.36. The average molecular weight is 368 g/mol. The zero-order chi connectivity index (χ0) is 15.8. The lowest BCUT2D eigenvalue weighted by atomic mass is 10.3. The monoisotopic (exact) mass is 367 g/mol. The van der Waals surface area contributed by atoms with Gasteiger partial charge >= 0.3 is 5.97 Å². The van der Waals surface area contributed by atoms with Gasteiger partial charge in [0.15, 0.2) is 11.0 Å². The second kappa shape index (κ2) is 5.76. The molecule has 0 aliphatic carbocycles. The maximum absolute atomic E-state index is 12.3. The second-order valence-corrected chi connectivity index (χ2v) is 7.05. The first kappa shape index (κ1) is 16.0. The van der Waals surface area contributed by atoms with Crippen molar-refractivity contribution in [3.05, 3.63) is 32.3 Å². The van der Waals surface area contributed by atoms with Crippen LogP contribution < -0.4 is 4.72 Å². The summed E-state index contributed by atoms with van der Waals surface area (Å²) < 4.78 is 26.8. The molecular weight excluding hydrogens is 361 g/mol. The fourth-order valence-electron chi connectivity index (χ4n) is 1.51. The van der Waals surface area contributed by atoms with Gasteiger partial charge < -0.3 is 5.11 Å². The molecule has 0 amide bonds. The van der Waals surface area contributed by atoms with Crippen LogP contribution in [0.4, 0.5) is 5.82 Å². The minimum atomic E-state index is -4.17. The summed E-state index contributed by atoms with van der Waals surface area (Å²) in [6.45, 7) is 1.49. The Morgan fingerprint density at radius 3 is 2.67 bits per heavy atom. The van der Waals surface area contributed by atoms with E-state index in [-0.39, 0.29) is 25.8 Å². The maximum Gasteiger partial charge on any atom is 0.347 e. The van der Waals surface area contributed by atoms with Crippen LogP contribution in [0.1, 0.15) is 15.2 Å². The Balaban J connectivity index is 2.51. The van der Waals surface area contributed by atoms with Crippen molar-refractivity contribution in [3.63, 3.8) is 0 Å². The number of hydrogen-bond donors (Lipinski definition) is 2. The summed E-state index contributed by atoms with van der Waals surface area (Å²) in [4.78, 5) is 17.7.